The van der Waals surface area contributed by atoms with Crippen molar-refractivity contribution in [3.05, 3.63) is 50.1 Å². The number of nitrogens with one attached hydrogen (secondary N) is 1. The van der Waals surface area contributed by atoms with E-state index in [0.717, 1.165) is 17.4 Å². The fraction of sp³-hybridized carbons (Fsp3) is 0.607. The molecule has 1 aliphatic carbocycles. The highest BCUT2D eigenvalue weighted by Gasteiger charge is 2.58. The Labute approximate surface area is 246 Å². The highest BCUT2D eigenvalue weighted by atomic mass is 32.1. The van der Waals surface area contributed by atoms with Crippen LogP contribution in [0.4, 0.5) is 30.7 Å². The van der Waals surface area contributed by atoms with Gasteiger partial charge in [-0.1, -0.05) is 31.3 Å². The maximum atomic E-state index is 14.9. The van der Waals surface area contributed by atoms with Crippen molar-refractivity contribution < 1.29 is 40.0 Å². The second-order valence-corrected chi connectivity index (χ2v) is 12.2. The lowest BCUT2D eigenvalue weighted by atomic mass is 9.74. The maximum absolute atomic E-state index is 14.9. The Kier molecular flexibility index (Phi) is 8.94. The second-order valence-electron chi connectivity index (χ2n) is 11.2. The van der Waals surface area contributed by atoms with Gasteiger partial charge < -0.3 is 4.74 Å². The number of likely N-dealkylation sites (tertiary alicyclic amines) is 1. The molecule has 0 spiro atoms. The molecule has 5 rings (SSSR count). The number of nitrogens with zero attached hydrogens (tertiary/aromatic N) is 3. The summed E-state index contributed by atoms with van der Waals surface area (Å²) in [7, 11) is 0. The first-order valence-corrected chi connectivity index (χ1v) is 15.0. The summed E-state index contributed by atoms with van der Waals surface area (Å²) < 4.78 is 109. The second kappa shape index (κ2) is 12.2. The zero-order chi connectivity index (χ0) is 31.0. The van der Waals surface area contributed by atoms with Crippen molar-refractivity contribution in [2.75, 3.05) is 13.1 Å². The third kappa shape index (κ3) is 6.61. The highest BCUT2D eigenvalue weighted by molar-refractivity contribution is 7.12. The zero-order valence-corrected chi connectivity index (χ0v) is 24.1. The van der Waals surface area contributed by atoms with Crippen LogP contribution in [0.3, 0.4) is 0 Å². The lowest BCUT2D eigenvalue weighted by Gasteiger charge is -2.37. The van der Waals surface area contributed by atoms with E-state index >= 15 is 0 Å². The van der Waals surface area contributed by atoms with E-state index in [0.29, 0.717) is 36.3 Å². The molecule has 0 amide bonds. The molecule has 3 heterocycles. The van der Waals surface area contributed by atoms with Crippen molar-refractivity contribution in [2.24, 2.45) is 5.92 Å². The Morgan fingerprint density at radius 3 is 2.40 bits per heavy atom. The van der Waals surface area contributed by atoms with Crippen LogP contribution < -0.4 is 10.5 Å². The number of hydrogen-bond acceptors (Lipinski definition) is 7. The van der Waals surface area contributed by atoms with Crippen LogP contribution in [0, 0.1) is 11.7 Å². The van der Waals surface area contributed by atoms with E-state index in [1.54, 1.807) is 11.8 Å². The first-order chi connectivity index (χ1) is 20.3. The van der Waals surface area contributed by atoms with Crippen LogP contribution in [0.1, 0.15) is 80.0 Å². The van der Waals surface area contributed by atoms with E-state index in [2.05, 4.69) is 19.6 Å². The summed E-state index contributed by atoms with van der Waals surface area (Å²) in [5.74, 6) is -3.06. The maximum Gasteiger partial charge on any atom is 0.439 e. The molecule has 236 valence electrons. The molecule has 2 fully saturated rings. The average molecular weight is 637 g/mol. The van der Waals surface area contributed by atoms with Gasteiger partial charge in [-0.3, -0.25) is 14.4 Å². The van der Waals surface area contributed by atoms with Gasteiger partial charge in [-0.25, -0.2) is 14.2 Å². The van der Waals surface area contributed by atoms with E-state index < -0.39 is 41.4 Å². The third-order valence-corrected chi connectivity index (χ3v) is 9.78. The van der Waals surface area contributed by atoms with Gasteiger partial charge in [-0.2, -0.15) is 26.3 Å². The summed E-state index contributed by atoms with van der Waals surface area (Å²) in [6.45, 7) is 2.12. The molecule has 1 unspecified atom stereocenters. The fourth-order valence-electron chi connectivity index (χ4n) is 5.93. The number of hydrogen-bond donors (Lipinski definition) is 1. The number of aromatic amines is 1. The van der Waals surface area contributed by atoms with E-state index in [1.165, 1.54) is 12.1 Å². The van der Waals surface area contributed by atoms with Crippen LogP contribution in [-0.4, -0.2) is 45.5 Å². The molecule has 1 aliphatic heterocycles. The molecule has 0 bridgehead atoms. The van der Waals surface area contributed by atoms with E-state index in [9.17, 15) is 35.5 Å². The van der Waals surface area contributed by atoms with Crippen molar-refractivity contribution in [2.45, 2.75) is 88.7 Å². The normalized spacial score (nSPS) is 19.4. The molecule has 1 atom stereocenters. The molecule has 0 radical (unpaired) electrons. The Morgan fingerprint density at radius 2 is 1.84 bits per heavy atom. The van der Waals surface area contributed by atoms with Gasteiger partial charge in [0.15, 0.2) is 5.82 Å². The van der Waals surface area contributed by atoms with Crippen molar-refractivity contribution >= 4 is 11.3 Å². The van der Waals surface area contributed by atoms with Crippen molar-refractivity contribution in [1.29, 1.82) is 0 Å². The van der Waals surface area contributed by atoms with Crippen molar-refractivity contribution in [3.63, 3.8) is 0 Å². The summed E-state index contributed by atoms with van der Waals surface area (Å²) >= 11 is 0.925. The Hall–Kier alpha value is -2.94. The standard InChI is InChI=1S/C28H31F7N4O3S/c1-2-21(41-17-6-7-18(19(29)14-17)23-37-25(40)42-38-23)22-20(15-39-12-8-16(9-13-39)27(30,31)32)36-24(43-22)26(28(33,34)35)10-4-3-5-11-26/h6-7,14,16,21H,2-5,8-13,15H2,1H3,(H,37,38,40). The van der Waals surface area contributed by atoms with E-state index in [1.807, 2.05) is 0 Å². The number of ether oxygens (including phenoxy) is 1. The van der Waals surface area contributed by atoms with Gasteiger partial charge in [0.25, 0.3) is 0 Å². The minimum absolute atomic E-state index is 0.0429. The summed E-state index contributed by atoms with van der Waals surface area (Å²) in [5.41, 5.74) is -1.81. The van der Waals surface area contributed by atoms with Crippen LogP contribution in [0.5, 0.6) is 5.75 Å². The van der Waals surface area contributed by atoms with Gasteiger partial charge in [0.05, 0.1) is 22.1 Å². The molecule has 1 N–H and O–H groups in total. The van der Waals surface area contributed by atoms with Crippen LogP contribution in [0.2, 0.25) is 0 Å². The monoisotopic (exact) mass is 636 g/mol. The van der Waals surface area contributed by atoms with Gasteiger partial charge in [0.2, 0.25) is 0 Å². The summed E-state index contributed by atoms with van der Waals surface area (Å²) in [6, 6.07) is 3.85. The van der Waals surface area contributed by atoms with Crippen molar-refractivity contribution in [1.82, 2.24) is 20.0 Å². The number of H-pyrrole nitrogens is 1. The topological polar surface area (TPSA) is 84.2 Å². The van der Waals surface area contributed by atoms with E-state index in [-0.39, 0.29) is 67.5 Å². The number of alkyl halides is 6. The van der Waals surface area contributed by atoms with Gasteiger partial charge in [-0.15, -0.1) is 11.3 Å². The number of aromatic nitrogens is 3. The van der Waals surface area contributed by atoms with Crippen LogP contribution in [0.25, 0.3) is 11.4 Å². The Morgan fingerprint density at radius 1 is 1.14 bits per heavy atom. The number of rotatable bonds is 8. The Balaban J connectivity index is 1.46. The molecule has 1 aromatic carbocycles. The lowest BCUT2D eigenvalue weighted by molar-refractivity contribution is -0.199. The predicted molar refractivity (Wildman–Crippen MR) is 143 cm³/mol. The van der Waals surface area contributed by atoms with Crippen LogP contribution >= 0.6 is 11.3 Å². The van der Waals surface area contributed by atoms with Gasteiger partial charge in [-0.05, 0) is 57.3 Å². The summed E-state index contributed by atoms with van der Waals surface area (Å²) in [4.78, 5) is 20.3. The lowest BCUT2D eigenvalue weighted by Crippen LogP contribution is -2.44. The van der Waals surface area contributed by atoms with Gasteiger partial charge in [0, 0.05) is 12.6 Å². The minimum Gasteiger partial charge on any atom is -0.485 e. The van der Waals surface area contributed by atoms with Gasteiger partial charge in [0.1, 0.15) is 28.1 Å². The van der Waals surface area contributed by atoms with Crippen molar-refractivity contribution in [3.8, 4) is 17.1 Å². The quantitative estimate of drug-likeness (QED) is 0.255. The number of benzene rings is 1. The largest absolute Gasteiger partial charge is 0.485 e. The fourth-order valence-corrected chi connectivity index (χ4v) is 7.38. The first kappa shape index (κ1) is 31.5. The van der Waals surface area contributed by atoms with Gasteiger partial charge >= 0.3 is 18.1 Å². The summed E-state index contributed by atoms with van der Waals surface area (Å²) in [5, 5.41) is 3.41. The molecule has 15 heteroatoms. The minimum atomic E-state index is -4.53. The molecule has 3 aromatic rings. The predicted octanol–water partition coefficient (Wildman–Crippen LogP) is 7.69. The van der Waals surface area contributed by atoms with E-state index in [4.69, 9.17) is 4.74 Å². The van der Waals surface area contributed by atoms with Crippen LogP contribution in [0.15, 0.2) is 27.5 Å². The first-order valence-electron chi connectivity index (χ1n) is 14.2. The molecule has 1 saturated heterocycles. The molecule has 7 nitrogen and oxygen atoms in total. The highest BCUT2D eigenvalue weighted by Crippen LogP contribution is 2.53. The molecular weight excluding hydrogens is 605 g/mol. The number of halogens is 7. The zero-order valence-electron chi connectivity index (χ0n) is 23.3. The summed E-state index contributed by atoms with van der Waals surface area (Å²) in [6.07, 6.45) is -8.17. The molecule has 43 heavy (non-hydrogen) atoms. The smallest absolute Gasteiger partial charge is 0.439 e. The number of piperidine rings is 1. The molecule has 1 saturated carbocycles. The molecular formula is C28H31F7N4O3S. The third-order valence-electron chi connectivity index (χ3n) is 8.39. The van der Waals surface area contributed by atoms with Crippen LogP contribution in [-0.2, 0) is 12.0 Å². The Bertz CT molecular complexity index is 1450. The SMILES string of the molecule is CCC(Oc1ccc(-c2noc(=O)[nH]2)c(F)c1)c1sc(C2(C(F)(F)F)CCCCC2)nc1CN1CCC(C(F)(F)F)CC1. The molecule has 2 aromatic heterocycles. The average Bonchev–Trinajstić information content (AvgIpc) is 3.58. The number of thiazole rings is 1. The molecule has 2 aliphatic rings.